The highest BCUT2D eigenvalue weighted by Gasteiger charge is 2.14. The lowest BCUT2D eigenvalue weighted by molar-refractivity contribution is -0.136. The lowest BCUT2D eigenvalue weighted by Crippen LogP contribution is -2.32. The fourth-order valence-electron chi connectivity index (χ4n) is 2.70. The Bertz CT molecular complexity index is 1190. The Kier molecular flexibility index (Phi) is 7.36. The normalized spacial score (nSPS) is 10.6. The first kappa shape index (κ1) is 22.7. The van der Waals surface area contributed by atoms with Crippen LogP contribution in [0.5, 0.6) is 5.75 Å². The predicted molar refractivity (Wildman–Crippen MR) is 123 cm³/mol. The zero-order chi connectivity index (χ0) is 23.1. The van der Waals surface area contributed by atoms with Crippen LogP contribution in [0.25, 0.3) is 0 Å². The van der Waals surface area contributed by atoms with E-state index in [4.69, 9.17) is 16.3 Å². The van der Waals surface area contributed by atoms with Crippen LogP contribution in [0.1, 0.15) is 27.0 Å². The number of nitrogens with zero attached hydrogens (tertiary/aromatic N) is 1. The minimum absolute atomic E-state index is 0.369. The third kappa shape index (κ3) is 6.02. The van der Waals surface area contributed by atoms with Crippen molar-refractivity contribution < 1.29 is 19.1 Å². The first-order valence-electron chi connectivity index (χ1n) is 9.62. The van der Waals surface area contributed by atoms with Gasteiger partial charge in [0.15, 0.2) is 0 Å². The van der Waals surface area contributed by atoms with Crippen LogP contribution >= 0.6 is 11.6 Å². The molecule has 3 rings (SSSR count). The minimum Gasteiger partial charge on any atom is -0.423 e. The fraction of sp³-hybridized carbons (Fsp3) is 0.0833. The molecule has 8 heteroatoms. The van der Waals surface area contributed by atoms with Crippen LogP contribution in [-0.4, -0.2) is 24.0 Å². The van der Waals surface area contributed by atoms with Gasteiger partial charge in [-0.1, -0.05) is 35.4 Å². The van der Waals surface area contributed by atoms with E-state index < -0.39 is 17.8 Å². The molecule has 0 atom stereocenters. The molecule has 0 saturated heterocycles. The molecule has 0 aliphatic heterocycles. The van der Waals surface area contributed by atoms with E-state index in [1.807, 2.05) is 13.0 Å². The number of amides is 2. The highest BCUT2D eigenvalue weighted by molar-refractivity contribution is 6.40. The van der Waals surface area contributed by atoms with Gasteiger partial charge in [-0.05, 0) is 73.5 Å². The molecule has 7 nitrogen and oxygen atoms in total. The first-order valence-corrected chi connectivity index (χ1v) is 9.99. The van der Waals surface area contributed by atoms with Gasteiger partial charge in [0.05, 0.1) is 11.8 Å². The van der Waals surface area contributed by atoms with Crippen LogP contribution in [-0.2, 0) is 9.59 Å². The number of aryl methyl sites for hydroxylation is 1. The molecule has 2 N–H and O–H groups in total. The number of hydrogen-bond donors (Lipinski definition) is 2. The maximum atomic E-state index is 12.2. The van der Waals surface area contributed by atoms with E-state index in [9.17, 15) is 14.4 Å². The molecule has 3 aromatic carbocycles. The smallest absolute Gasteiger partial charge is 0.343 e. The van der Waals surface area contributed by atoms with Gasteiger partial charge >= 0.3 is 17.8 Å². The van der Waals surface area contributed by atoms with Gasteiger partial charge in [0.2, 0.25) is 0 Å². The summed E-state index contributed by atoms with van der Waals surface area (Å²) in [7, 11) is 0. The fourth-order valence-corrected chi connectivity index (χ4v) is 2.87. The van der Waals surface area contributed by atoms with Crippen molar-refractivity contribution in [1.29, 1.82) is 0 Å². The lowest BCUT2D eigenvalue weighted by Gasteiger charge is -2.08. The highest BCUT2D eigenvalue weighted by atomic mass is 35.5. The summed E-state index contributed by atoms with van der Waals surface area (Å²) in [5.74, 6) is -1.88. The van der Waals surface area contributed by atoms with Gasteiger partial charge in [0.1, 0.15) is 5.75 Å². The molecule has 0 saturated carbocycles. The molecule has 0 aromatic heterocycles. The van der Waals surface area contributed by atoms with Gasteiger partial charge in [0.25, 0.3) is 0 Å². The molecular weight excluding hydrogens is 430 g/mol. The zero-order valence-corrected chi connectivity index (χ0v) is 18.1. The minimum atomic E-state index is -0.927. The van der Waals surface area contributed by atoms with E-state index in [1.54, 1.807) is 67.6 Å². The Balaban J connectivity index is 1.53. The highest BCUT2D eigenvalue weighted by Crippen LogP contribution is 2.22. The van der Waals surface area contributed by atoms with Gasteiger partial charge in [-0.15, -0.1) is 0 Å². The number of anilines is 1. The van der Waals surface area contributed by atoms with E-state index in [0.29, 0.717) is 33.1 Å². The first-order chi connectivity index (χ1) is 15.3. The van der Waals surface area contributed by atoms with Crippen molar-refractivity contribution in [2.45, 2.75) is 13.8 Å². The molecule has 3 aromatic rings. The van der Waals surface area contributed by atoms with Crippen LogP contribution in [0.4, 0.5) is 5.69 Å². The number of esters is 1. The second-order valence-corrected chi connectivity index (χ2v) is 7.30. The Hall–Kier alpha value is -3.97. The van der Waals surface area contributed by atoms with Gasteiger partial charge in [-0.25, -0.2) is 10.2 Å². The van der Waals surface area contributed by atoms with Gasteiger partial charge < -0.3 is 10.1 Å². The van der Waals surface area contributed by atoms with E-state index in [1.165, 1.54) is 6.21 Å². The number of hydrogen-bond acceptors (Lipinski definition) is 5. The maximum Gasteiger partial charge on any atom is 0.343 e. The zero-order valence-electron chi connectivity index (χ0n) is 17.4. The van der Waals surface area contributed by atoms with Crippen molar-refractivity contribution >= 4 is 41.3 Å². The molecule has 0 unspecified atom stereocenters. The molecule has 0 bridgehead atoms. The number of ether oxygens (including phenoxy) is 1. The van der Waals surface area contributed by atoms with Crippen molar-refractivity contribution in [2.24, 2.45) is 5.10 Å². The summed E-state index contributed by atoms with van der Waals surface area (Å²) < 4.78 is 5.34. The van der Waals surface area contributed by atoms with E-state index in [2.05, 4.69) is 15.8 Å². The second kappa shape index (κ2) is 10.4. The molecular formula is C24H20ClN3O4. The van der Waals surface area contributed by atoms with Crippen LogP contribution in [0.3, 0.4) is 0 Å². The van der Waals surface area contributed by atoms with Crippen molar-refractivity contribution in [3.63, 3.8) is 0 Å². The Labute approximate surface area is 190 Å². The Morgan fingerprint density at radius 1 is 0.938 bits per heavy atom. The van der Waals surface area contributed by atoms with Crippen molar-refractivity contribution in [1.82, 2.24) is 5.43 Å². The van der Waals surface area contributed by atoms with E-state index in [-0.39, 0.29) is 0 Å². The maximum absolute atomic E-state index is 12.2. The lowest BCUT2D eigenvalue weighted by atomic mass is 10.1. The van der Waals surface area contributed by atoms with Crippen LogP contribution in [0.2, 0.25) is 5.02 Å². The second-order valence-electron chi connectivity index (χ2n) is 6.89. The van der Waals surface area contributed by atoms with Crippen molar-refractivity contribution in [2.75, 3.05) is 5.32 Å². The van der Waals surface area contributed by atoms with Crippen molar-refractivity contribution in [3.8, 4) is 5.75 Å². The quantitative estimate of drug-likeness (QED) is 0.200. The van der Waals surface area contributed by atoms with E-state index >= 15 is 0 Å². The number of rotatable bonds is 5. The number of carbonyl (C=O) groups is 3. The molecule has 0 radical (unpaired) electrons. The molecule has 0 spiro atoms. The summed E-state index contributed by atoms with van der Waals surface area (Å²) in [5.41, 5.74) is 5.31. The van der Waals surface area contributed by atoms with Crippen LogP contribution in [0.15, 0.2) is 71.8 Å². The summed E-state index contributed by atoms with van der Waals surface area (Å²) in [5, 5.41) is 6.74. The van der Waals surface area contributed by atoms with Gasteiger partial charge in [0, 0.05) is 10.7 Å². The monoisotopic (exact) mass is 449 g/mol. The molecule has 32 heavy (non-hydrogen) atoms. The third-order valence-electron chi connectivity index (χ3n) is 4.45. The SMILES string of the molecule is Cc1cccc(C(=O)Oc2ccc(/C=N/NC(=O)C(=O)Nc3cccc(Cl)c3C)cc2)c1. The molecule has 0 aliphatic carbocycles. The average molecular weight is 450 g/mol. The number of carbonyl (C=O) groups excluding carboxylic acids is 3. The number of hydrazone groups is 1. The molecule has 0 fully saturated rings. The summed E-state index contributed by atoms with van der Waals surface area (Å²) in [6.07, 6.45) is 1.36. The number of nitrogens with one attached hydrogen (secondary N) is 2. The average Bonchev–Trinajstić information content (AvgIpc) is 2.78. The molecule has 2 amide bonds. The number of halogens is 1. The topological polar surface area (TPSA) is 96.9 Å². The predicted octanol–water partition coefficient (Wildman–Crippen LogP) is 4.26. The summed E-state index contributed by atoms with van der Waals surface area (Å²) in [4.78, 5) is 36.1. The van der Waals surface area contributed by atoms with Crippen LogP contribution < -0.4 is 15.5 Å². The van der Waals surface area contributed by atoms with Gasteiger partial charge in [-0.3, -0.25) is 9.59 Å². The molecule has 162 valence electrons. The van der Waals surface area contributed by atoms with E-state index in [0.717, 1.165) is 5.56 Å². The number of benzene rings is 3. The third-order valence-corrected chi connectivity index (χ3v) is 4.86. The Morgan fingerprint density at radius 3 is 2.38 bits per heavy atom. The standard InChI is InChI=1S/C24H20ClN3O4/c1-15-5-3-6-18(13-15)24(31)32-19-11-9-17(10-12-19)14-26-28-23(30)22(29)27-21-8-4-7-20(25)16(21)2/h3-14H,1-2H3,(H,27,29)(H,28,30)/b26-14+. The Morgan fingerprint density at radius 2 is 1.66 bits per heavy atom. The van der Waals surface area contributed by atoms with Crippen LogP contribution in [0, 0.1) is 13.8 Å². The van der Waals surface area contributed by atoms with Crippen molar-refractivity contribution in [3.05, 3.63) is 94.0 Å². The molecule has 0 aliphatic rings. The summed E-state index contributed by atoms with van der Waals surface area (Å²) in [6, 6.07) is 18.6. The van der Waals surface area contributed by atoms with Gasteiger partial charge in [-0.2, -0.15) is 5.10 Å². The summed E-state index contributed by atoms with van der Waals surface area (Å²) in [6.45, 7) is 3.63. The molecule has 0 heterocycles. The largest absolute Gasteiger partial charge is 0.423 e. The summed E-state index contributed by atoms with van der Waals surface area (Å²) >= 11 is 6.00.